The molecule has 2 aromatic rings. The third-order valence-electron chi connectivity index (χ3n) is 2.04. The van der Waals surface area contributed by atoms with Crippen LogP contribution in [0.15, 0.2) is 42.5 Å². The van der Waals surface area contributed by atoms with E-state index < -0.39 is 0 Å². The summed E-state index contributed by atoms with van der Waals surface area (Å²) in [6.07, 6.45) is 0. The van der Waals surface area contributed by atoms with E-state index in [0.29, 0.717) is 22.3 Å². The highest BCUT2D eigenvalue weighted by Gasteiger charge is 2.02. The second kappa shape index (κ2) is 4.84. The van der Waals surface area contributed by atoms with Crippen LogP contribution in [0.1, 0.15) is 5.69 Å². The SMILES string of the molecule is N=C(N)c1cccc(Oc2ccc(Cl)cc2)n1. The Morgan fingerprint density at radius 3 is 2.53 bits per heavy atom. The van der Waals surface area contributed by atoms with Crippen LogP contribution in [-0.4, -0.2) is 10.8 Å². The van der Waals surface area contributed by atoms with Crippen LogP contribution in [0.4, 0.5) is 0 Å². The van der Waals surface area contributed by atoms with Gasteiger partial charge in [0.1, 0.15) is 17.3 Å². The number of nitrogens with zero attached hydrogens (tertiary/aromatic N) is 1. The quantitative estimate of drug-likeness (QED) is 0.647. The molecule has 0 atom stereocenters. The van der Waals surface area contributed by atoms with Crippen molar-refractivity contribution in [1.29, 1.82) is 5.41 Å². The summed E-state index contributed by atoms with van der Waals surface area (Å²) in [5.41, 5.74) is 5.73. The molecule has 1 heterocycles. The van der Waals surface area contributed by atoms with Gasteiger partial charge in [0.25, 0.3) is 0 Å². The summed E-state index contributed by atoms with van der Waals surface area (Å²) in [4.78, 5) is 4.09. The summed E-state index contributed by atoms with van der Waals surface area (Å²) in [6, 6.07) is 12.0. The predicted molar refractivity (Wildman–Crippen MR) is 66.8 cm³/mol. The molecule has 0 aliphatic heterocycles. The lowest BCUT2D eigenvalue weighted by atomic mass is 10.3. The zero-order chi connectivity index (χ0) is 12.3. The molecule has 0 fully saturated rings. The third-order valence-corrected chi connectivity index (χ3v) is 2.29. The molecule has 0 aliphatic rings. The zero-order valence-corrected chi connectivity index (χ0v) is 9.61. The molecule has 0 saturated carbocycles. The van der Waals surface area contributed by atoms with Crippen LogP contribution in [0.25, 0.3) is 0 Å². The van der Waals surface area contributed by atoms with Crippen molar-refractivity contribution in [2.45, 2.75) is 0 Å². The maximum Gasteiger partial charge on any atom is 0.219 e. The maximum atomic E-state index is 7.28. The average molecular weight is 248 g/mol. The lowest BCUT2D eigenvalue weighted by Gasteiger charge is -2.05. The summed E-state index contributed by atoms with van der Waals surface area (Å²) in [5, 5.41) is 7.92. The van der Waals surface area contributed by atoms with Gasteiger partial charge in [0.05, 0.1) is 0 Å². The standard InChI is InChI=1S/C12H10ClN3O/c13-8-4-6-9(7-5-8)17-11-3-1-2-10(16-11)12(14)15/h1-7H,(H3,14,15). The van der Waals surface area contributed by atoms with Crippen LogP contribution < -0.4 is 10.5 Å². The molecule has 0 unspecified atom stereocenters. The van der Waals surface area contributed by atoms with Gasteiger partial charge < -0.3 is 10.5 Å². The monoisotopic (exact) mass is 247 g/mol. The first kappa shape index (κ1) is 11.4. The predicted octanol–water partition coefficient (Wildman–Crippen LogP) is 2.81. The third kappa shape index (κ3) is 2.95. The molecular formula is C12H10ClN3O. The maximum absolute atomic E-state index is 7.28. The number of pyridine rings is 1. The molecule has 2 rings (SSSR count). The smallest absolute Gasteiger partial charge is 0.219 e. The van der Waals surface area contributed by atoms with Gasteiger partial charge >= 0.3 is 0 Å². The Balaban J connectivity index is 2.21. The van der Waals surface area contributed by atoms with E-state index in [9.17, 15) is 0 Å². The Bertz CT molecular complexity index is 540. The van der Waals surface area contributed by atoms with Gasteiger partial charge in [0.15, 0.2) is 0 Å². The summed E-state index contributed by atoms with van der Waals surface area (Å²) < 4.78 is 5.50. The van der Waals surface area contributed by atoms with Gasteiger partial charge in [-0.3, -0.25) is 5.41 Å². The van der Waals surface area contributed by atoms with Crippen molar-refractivity contribution in [2.24, 2.45) is 5.73 Å². The van der Waals surface area contributed by atoms with Crippen molar-refractivity contribution in [3.63, 3.8) is 0 Å². The molecule has 5 heteroatoms. The molecule has 86 valence electrons. The Morgan fingerprint density at radius 1 is 1.18 bits per heavy atom. The first-order valence-electron chi connectivity index (χ1n) is 4.90. The number of hydrogen-bond acceptors (Lipinski definition) is 3. The topological polar surface area (TPSA) is 72.0 Å². The van der Waals surface area contributed by atoms with Crippen molar-refractivity contribution < 1.29 is 4.74 Å². The lowest BCUT2D eigenvalue weighted by molar-refractivity contribution is 0.462. The lowest BCUT2D eigenvalue weighted by Crippen LogP contribution is -2.13. The van der Waals surface area contributed by atoms with Crippen LogP contribution in [-0.2, 0) is 0 Å². The van der Waals surface area contributed by atoms with E-state index in [1.54, 1.807) is 42.5 Å². The Hall–Kier alpha value is -2.07. The fourth-order valence-electron chi connectivity index (χ4n) is 1.25. The molecule has 1 aromatic carbocycles. The largest absolute Gasteiger partial charge is 0.439 e. The fourth-order valence-corrected chi connectivity index (χ4v) is 1.37. The van der Waals surface area contributed by atoms with Crippen molar-refractivity contribution in [2.75, 3.05) is 0 Å². The van der Waals surface area contributed by atoms with Crippen molar-refractivity contribution in [3.8, 4) is 11.6 Å². The summed E-state index contributed by atoms with van der Waals surface area (Å²) in [6.45, 7) is 0. The average Bonchev–Trinajstić information content (AvgIpc) is 2.32. The highest BCUT2D eigenvalue weighted by atomic mass is 35.5. The first-order chi connectivity index (χ1) is 8.15. The van der Waals surface area contributed by atoms with Gasteiger partial charge in [-0.1, -0.05) is 17.7 Å². The van der Waals surface area contributed by atoms with Crippen LogP contribution >= 0.6 is 11.6 Å². The van der Waals surface area contributed by atoms with E-state index >= 15 is 0 Å². The minimum atomic E-state index is -0.0912. The van der Waals surface area contributed by atoms with Gasteiger partial charge in [-0.05, 0) is 30.3 Å². The van der Waals surface area contributed by atoms with Crippen LogP contribution in [0, 0.1) is 5.41 Å². The van der Waals surface area contributed by atoms with Crippen molar-refractivity contribution in [3.05, 3.63) is 53.2 Å². The van der Waals surface area contributed by atoms with Gasteiger partial charge in [0.2, 0.25) is 5.88 Å². The molecule has 0 spiro atoms. The number of ether oxygens (including phenoxy) is 1. The molecule has 17 heavy (non-hydrogen) atoms. The molecular weight excluding hydrogens is 238 g/mol. The van der Waals surface area contributed by atoms with Crippen LogP contribution in [0.5, 0.6) is 11.6 Å². The van der Waals surface area contributed by atoms with E-state index in [1.807, 2.05) is 0 Å². The molecule has 1 aromatic heterocycles. The van der Waals surface area contributed by atoms with Crippen LogP contribution in [0.3, 0.4) is 0 Å². The summed E-state index contributed by atoms with van der Waals surface area (Å²) >= 11 is 5.77. The Morgan fingerprint density at radius 2 is 1.88 bits per heavy atom. The number of benzene rings is 1. The minimum absolute atomic E-state index is 0.0912. The minimum Gasteiger partial charge on any atom is -0.439 e. The number of hydrogen-bond donors (Lipinski definition) is 2. The number of halogens is 1. The van der Waals surface area contributed by atoms with E-state index in [1.165, 1.54) is 0 Å². The van der Waals surface area contributed by atoms with Crippen molar-refractivity contribution >= 4 is 17.4 Å². The highest BCUT2D eigenvalue weighted by Crippen LogP contribution is 2.21. The molecule has 3 N–H and O–H groups in total. The van der Waals surface area contributed by atoms with E-state index in [-0.39, 0.29) is 5.84 Å². The second-order valence-corrected chi connectivity index (χ2v) is 3.77. The van der Waals surface area contributed by atoms with E-state index in [0.717, 1.165) is 0 Å². The molecule has 0 aliphatic carbocycles. The summed E-state index contributed by atoms with van der Waals surface area (Å²) in [7, 11) is 0. The molecule has 0 radical (unpaired) electrons. The van der Waals surface area contributed by atoms with Gasteiger partial charge in [0, 0.05) is 11.1 Å². The summed E-state index contributed by atoms with van der Waals surface area (Å²) in [5.74, 6) is 0.925. The van der Waals surface area contributed by atoms with E-state index in [4.69, 9.17) is 27.5 Å². The van der Waals surface area contributed by atoms with Crippen molar-refractivity contribution in [1.82, 2.24) is 4.98 Å². The molecule has 0 saturated heterocycles. The number of nitrogens with two attached hydrogens (primary N) is 1. The Labute approximate surface area is 104 Å². The zero-order valence-electron chi connectivity index (χ0n) is 8.85. The second-order valence-electron chi connectivity index (χ2n) is 3.33. The van der Waals surface area contributed by atoms with E-state index in [2.05, 4.69) is 4.98 Å². The number of rotatable bonds is 3. The fraction of sp³-hybridized carbons (Fsp3) is 0. The number of nitrogen functional groups attached to an aromatic ring is 1. The molecule has 4 nitrogen and oxygen atoms in total. The van der Waals surface area contributed by atoms with Gasteiger partial charge in [-0.25, -0.2) is 4.98 Å². The number of aromatic nitrogens is 1. The highest BCUT2D eigenvalue weighted by molar-refractivity contribution is 6.30. The normalized spacial score (nSPS) is 9.94. The van der Waals surface area contributed by atoms with Crippen LogP contribution in [0.2, 0.25) is 5.02 Å². The number of nitrogens with one attached hydrogen (secondary N) is 1. The van der Waals surface area contributed by atoms with Gasteiger partial charge in [-0.15, -0.1) is 0 Å². The number of amidine groups is 1. The molecule has 0 amide bonds. The van der Waals surface area contributed by atoms with Gasteiger partial charge in [-0.2, -0.15) is 0 Å². The Kier molecular flexibility index (Phi) is 3.25. The molecule has 0 bridgehead atoms. The first-order valence-corrected chi connectivity index (χ1v) is 5.28.